The Labute approximate surface area is 114 Å². The maximum Gasteiger partial charge on any atom is 0.230 e. The molecule has 1 aromatic carbocycles. The molecular formula is C13H12N4OS. The Hall–Kier alpha value is -2.08. The zero-order valence-corrected chi connectivity index (χ0v) is 11.1. The lowest BCUT2D eigenvalue weighted by atomic mass is 10.2. The summed E-state index contributed by atoms with van der Waals surface area (Å²) in [5.74, 6) is 0.312. The van der Waals surface area contributed by atoms with E-state index in [9.17, 15) is 4.79 Å². The summed E-state index contributed by atoms with van der Waals surface area (Å²) < 4.78 is 1.91. The second-order valence-corrected chi connectivity index (χ2v) is 4.98. The summed E-state index contributed by atoms with van der Waals surface area (Å²) in [6, 6.07) is 10.1. The molecule has 19 heavy (non-hydrogen) atoms. The van der Waals surface area contributed by atoms with Crippen molar-refractivity contribution in [2.45, 2.75) is 5.16 Å². The molecule has 0 unspecified atom stereocenters. The van der Waals surface area contributed by atoms with Crippen LogP contribution in [-0.4, -0.2) is 33.3 Å². The van der Waals surface area contributed by atoms with Gasteiger partial charge in [-0.15, -0.1) is 10.2 Å². The van der Waals surface area contributed by atoms with Crippen LogP contribution in [0.5, 0.6) is 0 Å². The topological polar surface area (TPSA) is 59.3 Å². The fourth-order valence-electron chi connectivity index (χ4n) is 1.90. The third kappa shape index (κ3) is 2.15. The van der Waals surface area contributed by atoms with Crippen LogP contribution < -0.4 is 5.32 Å². The van der Waals surface area contributed by atoms with Gasteiger partial charge in [-0.2, -0.15) is 0 Å². The Morgan fingerprint density at radius 1 is 1.32 bits per heavy atom. The SMILES string of the molecule is CNC(=O)CSc1nnc2c3ccccc3ccn12. The van der Waals surface area contributed by atoms with E-state index in [1.807, 2.05) is 40.9 Å². The number of hydrogen-bond acceptors (Lipinski definition) is 4. The molecule has 0 atom stereocenters. The number of aromatic nitrogens is 3. The van der Waals surface area contributed by atoms with Crippen molar-refractivity contribution in [3.05, 3.63) is 36.5 Å². The molecule has 0 saturated carbocycles. The van der Waals surface area contributed by atoms with Crippen molar-refractivity contribution in [2.75, 3.05) is 12.8 Å². The first-order valence-corrected chi connectivity index (χ1v) is 6.84. The second-order valence-electron chi connectivity index (χ2n) is 4.04. The molecule has 5 nitrogen and oxygen atoms in total. The molecule has 0 bridgehead atoms. The highest BCUT2D eigenvalue weighted by molar-refractivity contribution is 7.99. The Kier molecular flexibility index (Phi) is 3.08. The van der Waals surface area contributed by atoms with Crippen molar-refractivity contribution in [3.63, 3.8) is 0 Å². The minimum absolute atomic E-state index is 0.0254. The largest absolute Gasteiger partial charge is 0.358 e. The molecule has 2 aromatic heterocycles. The van der Waals surface area contributed by atoms with Gasteiger partial charge in [0, 0.05) is 18.6 Å². The monoisotopic (exact) mass is 272 g/mol. The smallest absolute Gasteiger partial charge is 0.230 e. The number of benzene rings is 1. The second kappa shape index (κ2) is 4.89. The molecule has 0 aliphatic carbocycles. The van der Waals surface area contributed by atoms with Gasteiger partial charge in [-0.3, -0.25) is 9.20 Å². The molecule has 96 valence electrons. The Morgan fingerprint density at radius 2 is 2.16 bits per heavy atom. The Bertz CT molecular complexity index is 753. The Morgan fingerprint density at radius 3 is 3.00 bits per heavy atom. The van der Waals surface area contributed by atoms with Gasteiger partial charge in [0.1, 0.15) is 0 Å². The number of fused-ring (bicyclic) bond motifs is 3. The molecule has 0 aliphatic rings. The lowest BCUT2D eigenvalue weighted by Crippen LogP contribution is -2.19. The van der Waals surface area contributed by atoms with Gasteiger partial charge in [-0.05, 0) is 11.5 Å². The molecule has 1 amide bonds. The number of carbonyl (C=O) groups is 1. The van der Waals surface area contributed by atoms with Gasteiger partial charge in [-0.25, -0.2) is 0 Å². The maximum absolute atomic E-state index is 11.3. The zero-order valence-electron chi connectivity index (χ0n) is 10.3. The van der Waals surface area contributed by atoms with E-state index >= 15 is 0 Å². The van der Waals surface area contributed by atoms with Crippen LogP contribution in [-0.2, 0) is 4.79 Å². The zero-order chi connectivity index (χ0) is 13.2. The van der Waals surface area contributed by atoms with E-state index in [4.69, 9.17) is 0 Å². The number of hydrogen-bond donors (Lipinski definition) is 1. The van der Waals surface area contributed by atoms with Crippen LogP contribution in [0.15, 0.2) is 41.7 Å². The molecule has 0 fully saturated rings. The summed E-state index contributed by atoms with van der Waals surface area (Å²) in [6.45, 7) is 0. The third-order valence-corrected chi connectivity index (χ3v) is 3.82. The predicted octanol–water partition coefficient (Wildman–Crippen LogP) is 1.72. The van der Waals surface area contributed by atoms with Gasteiger partial charge in [-0.1, -0.05) is 36.0 Å². The lowest BCUT2D eigenvalue weighted by Gasteiger charge is -2.02. The number of pyridine rings is 1. The summed E-state index contributed by atoms with van der Waals surface area (Å²) in [7, 11) is 1.62. The predicted molar refractivity (Wildman–Crippen MR) is 75.3 cm³/mol. The standard InChI is InChI=1S/C13H12N4OS/c1-14-11(18)8-19-13-16-15-12-10-5-3-2-4-9(10)6-7-17(12)13/h2-7H,8H2,1H3,(H,14,18). The first kappa shape index (κ1) is 12.0. The molecule has 3 rings (SSSR count). The number of amides is 1. The van der Waals surface area contributed by atoms with E-state index in [0.717, 1.165) is 21.6 Å². The molecule has 0 spiro atoms. The van der Waals surface area contributed by atoms with Crippen LogP contribution in [0.4, 0.5) is 0 Å². The first-order valence-electron chi connectivity index (χ1n) is 5.85. The van der Waals surface area contributed by atoms with Gasteiger partial charge in [0.2, 0.25) is 5.91 Å². The van der Waals surface area contributed by atoms with Crippen molar-refractivity contribution in [3.8, 4) is 0 Å². The van der Waals surface area contributed by atoms with Crippen molar-refractivity contribution < 1.29 is 4.79 Å². The van der Waals surface area contributed by atoms with Gasteiger partial charge in [0.25, 0.3) is 0 Å². The summed E-state index contributed by atoms with van der Waals surface area (Å²) in [4.78, 5) is 11.3. The van der Waals surface area contributed by atoms with E-state index in [1.165, 1.54) is 11.8 Å². The van der Waals surface area contributed by atoms with E-state index in [2.05, 4.69) is 15.5 Å². The number of nitrogens with zero attached hydrogens (tertiary/aromatic N) is 3. The first-order chi connectivity index (χ1) is 9.29. The van der Waals surface area contributed by atoms with Gasteiger partial charge >= 0.3 is 0 Å². The minimum atomic E-state index is -0.0254. The van der Waals surface area contributed by atoms with E-state index in [-0.39, 0.29) is 5.91 Å². The van der Waals surface area contributed by atoms with Crippen molar-refractivity contribution in [2.24, 2.45) is 0 Å². The van der Waals surface area contributed by atoms with Crippen LogP contribution >= 0.6 is 11.8 Å². The van der Waals surface area contributed by atoms with Crippen LogP contribution in [0.2, 0.25) is 0 Å². The summed E-state index contributed by atoms with van der Waals surface area (Å²) in [5, 5.41) is 13.9. The lowest BCUT2D eigenvalue weighted by molar-refractivity contribution is -0.118. The average molecular weight is 272 g/mol. The fraction of sp³-hybridized carbons (Fsp3) is 0.154. The number of carbonyl (C=O) groups excluding carboxylic acids is 1. The quantitative estimate of drug-likeness (QED) is 0.738. The van der Waals surface area contributed by atoms with E-state index in [1.54, 1.807) is 7.05 Å². The van der Waals surface area contributed by atoms with Gasteiger partial charge in [0.05, 0.1) is 5.75 Å². The third-order valence-electron chi connectivity index (χ3n) is 2.88. The highest BCUT2D eigenvalue weighted by atomic mass is 32.2. The molecule has 3 aromatic rings. The van der Waals surface area contributed by atoms with E-state index in [0.29, 0.717) is 5.75 Å². The Balaban J connectivity index is 2.04. The number of rotatable bonds is 3. The molecule has 2 heterocycles. The van der Waals surface area contributed by atoms with Gasteiger partial charge in [0.15, 0.2) is 10.8 Å². The van der Waals surface area contributed by atoms with Crippen molar-refractivity contribution >= 4 is 34.1 Å². The van der Waals surface area contributed by atoms with Crippen LogP contribution in [0.3, 0.4) is 0 Å². The van der Waals surface area contributed by atoms with Crippen LogP contribution in [0.1, 0.15) is 0 Å². The molecule has 0 radical (unpaired) electrons. The molecule has 0 saturated heterocycles. The molecule has 0 aliphatic heterocycles. The molecular weight excluding hydrogens is 260 g/mol. The highest BCUT2D eigenvalue weighted by Gasteiger charge is 2.10. The minimum Gasteiger partial charge on any atom is -0.358 e. The summed E-state index contributed by atoms with van der Waals surface area (Å²) in [6.07, 6.45) is 1.93. The summed E-state index contributed by atoms with van der Waals surface area (Å²) in [5.41, 5.74) is 0.817. The van der Waals surface area contributed by atoms with E-state index < -0.39 is 0 Å². The van der Waals surface area contributed by atoms with Crippen molar-refractivity contribution in [1.82, 2.24) is 19.9 Å². The highest BCUT2D eigenvalue weighted by Crippen LogP contribution is 2.22. The normalized spacial score (nSPS) is 11.0. The van der Waals surface area contributed by atoms with Crippen LogP contribution in [0.25, 0.3) is 16.4 Å². The van der Waals surface area contributed by atoms with Crippen molar-refractivity contribution in [1.29, 1.82) is 0 Å². The molecule has 6 heteroatoms. The van der Waals surface area contributed by atoms with Gasteiger partial charge < -0.3 is 5.32 Å². The summed E-state index contributed by atoms with van der Waals surface area (Å²) >= 11 is 1.38. The average Bonchev–Trinajstić information content (AvgIpc) is 2.88. The fourth-order valence-corrected chi connectivity index (χ4v) is 2.69. The number of thioether (sulfide) groups is 1. The number of nitrogens with one attached hydrogen (secondary N) is 1. The molecule has 1 N–H and O–H groups in total. The van der Waals surface area contributed by atoms with Crippen LogP contribution in [0, 0.1) is 0 Å². The maximum atomic E-state index is 11.3.